The maximum Gasteiger partial charge on any atom is 0.326 e. The average Bonchev–Trinajstić information content (AvgIpc) is 2.68. The topological polar surface area (TPSA) is 67.4 Å². The smallest absolute Gasteiger partial charge is 0.326 e. The third-order valence-corrected chi connectivity index (χ3v) is 4.65. The summed E-state index contributed by atoms with van der Waals surface area (Å²) in [5, 5.41) is 5.92. The highest BCUT2D eigenvalue weighted by Gasteiger charge is 2.12. The van der Waals surface area contributed by atoms with Gasteiger partial charge < -0.3 is 10.1 Å². The number of ether oxygens (including phenoxy) is 1. The fraction of sp³-hybridized carbons (Fsp3) is 0.0909. The molecular formula is C22H18Cl2N2O3. The van der Waals surface area contributed by atoms with Gasteiger partial charge in [0.2, 0.25) is 0 Å². The van der Waals surface area contributed by atoms with E-state index >= 15 is 0 Å². The van der Waals surface area contributed by atoms with Crippen LogP contribution in [0.2, 0.25) is 10.0 Å². The van der Waals surface area contributed by atoms with Crippen molar-refractivity contribution < 1.29 is 14.3 Å². The van der Waals surface area contributed by atoms with Gasteiger partial charge in [0.25, 0.3) is 5.91 Å². The number of urea groups is 1. The number of anilines is 1. The van der Waals surface area contributed by atoms with Crippen LogP contribution in [0.1, 0.15) is 21.5 Å². The molecule has 148 valence electrons. The fourth-order valence-electron chi connectivity index (χ4n) is 2.60. The predicted molar refractivity (Wildman–Crippen MR) is 115 cm³/mol. The summed E-state index contributed by atoms with van der Waals surface area (Å²) in [5.74, 6) is 0.0813. The van der Waals surface area contributed by atoms with Crippen LogP contribution >= 0.6 is 23.2 Å². The summed E-state index contributed by atoms with van der Waals surface area (Å²) >= 11 is 11.9. The van der Waals surface area contributed by atoms with Crippen LogP contribution in [0.25, 0.3) is 0 Å². The second-order valence-corrected chi connectivity index (χ2v) is 7.13. The van der Waals surface area contributed by atoms with Crippen molar-refractivity contribution >= 4 is 40.8 Å². The summed E-state index contributed by atoms with van der Waals surface area (Å²) < 4.78 is 5.68. The molecule has 0 aromatic heterocycles. The van der Waals surface area contributed by atoms with Gasteiger partial charge in [-0.3, -0.25) is 10.1 Å². The largest absolute Gasteiger partial charge is 0.487 e. The van der Waals surface area contributed by atoms with Gasteiger partial charge in [0, 0.05) is 16.3 Å². The molecule has 0 aliphatic carbocycles. The van der Waals surface area contributed by atoms with Crippen molar-refractivity contribution in [1.29, 1.82) is 0 Å². The zero-order valence-electron chi connectivity index (χ0n) is 15.5. The Morgan fingerprint density at radius 2 is 1.69 bits per heavy atom. The summed E-state index contributed by atoms with van der Waals surface area (Å²) in [6, 6.07) is 18.5. The molecule has 3 rings (SSSR count). The molecule has 2 N–H and O–H groups in total. The monoisotopic (exact) mass is 428 g/mol. The lowest BCUT2D eigenvalue weighted by molar-refractivity contribution is 0.0966. The molecule has 0 fully saturated rings. The first kappa shape index (κ1) is 20.7. The first-order valence-electron chi connectivity index (χ1n) is 8.77. The van der Waals surface area contributed by atoms with Crippen molar-refractivity contribution in [1.82, 2.24) is 5.32 Å². The predicted octanol–water partition coefficient (Wildman–Crippen LogP) is 5.84. The summed E-state index contributed by atoms with van der Waals surface area (Å²) in [6.07, 6.45) is 0. The van der Waals surface area contributed by atoms with Gasteiger partial charge in [0.05, 0.1) is 5.02 Å². The molecule has 0 radical (unpaired) electrons. The first-order valence-corrected chi connectivity index (χ1v) is 9.53. The number of hydrogen-bond acceptors (Lipinski definition) is 3. The Labute approximate surface area is 178 Å². The number of benzene rings is 3. The highest BCUT2D eigenvalue weighted by atomic mass is 35.5. The van der Waals surface area contributed by atoms with Gasteiger partial charge >= 0.3 is 6.03 Å². The van der Waals surface area contributed by atoms with Gasteiger partial charge in [-0.2, -0.15) is 0 Å². The lowest BCUT2D eigenvalue weighted by Crippen LogP contribution is -2.34. The van der Waals surface area contributed by atoms with Crippen molar-refractivity contribution in [2.24, 2.45) is 0 Å². The average molecular weight is 429 g/mol. The Morgan fingerprint density at radius 3 is 2.38 bits per heavy atom. The summed E-state index contributed by atoms with van der Waals surface area (Å²) in [4.78, 5) is 24.3. The lowest BCUT2D eigenvalue weighted by atomic mass is 10.1. The first-order chi connectivity index (χ1) is 13.9. The number of hydrogen-bond donors (Lipinski definition) is 2. The van der Waals surface area contributed by atoms with Crippen LogP contribution in [0, 0.1) is 6.92 Å². The molecule has 5 nitrogen and oxygen atoms in total. The number of carbonyl (C=O) groups excluding carboxylic acids is 2. The molecule has 0 heterocycles. The van der Waals surface area contributed by atoms with E-state index in [2.05, 4.69) is 10.6 Å². The number of imide groups is 1. The van der Waals surface area contributed by atoms with Gasteiger partial charge in [0.1, 0.15) is 12.4 Å². The Morgan fingerprint density at radius 1 is 0.966 bits per heavy atom. The van der Waals surface area contributed by atoms with Crippen LogP contribution in [-0.4, -0.2) is 11.9 Å². The van der Waals surface area contributed by atoms with E-state index in [-0.39, 0.29) is 0 Å². The SMILES string of the molecule is Cc1ccccc1C(=O)NC(=O)Nc1ccc(COc2ccc(Cl)cc2Cl)cc1. The van der Waals surface area contributed by atoms with E-state index in [0.717, 1.165) is 11.1 Å². The van der Waals surface area contributed by atoms with Gasteiger partial charge in [-0.1, -0.05) is 53.5 Å². The number of rotatable bonds is 5. The van der Waals surface area contributed by atoms with Crippen molar-refractivity contribution in [2.45, 2.75) is 13.5 Å². The highest BCUT2D eigenvalue weighted by Crippen LogP contribution is 2.28. The van der Waals surface area contributed by atoms with E-state index in [4.69, 9.17) is 27.9 Å². The molecule has 0 atom stereocenters. The zero-order chi connectivity index (χ0) is 20.8. The minimum absolute atomic E-state index is 0.305. The third-order valence-electron chi connectivity index (χ3n) is 4.12. The van der Waals surface area contributed by atoms with E-state index in [1.54, 1.807) is 42.5 Å². The number of halogens is 2. The van der Waals surface area contributed by atoms with Crippen molar-refractivity contribution in [3.63, 3.8) is 0 Å². The molecule has 0 saturated heterocycles. The molecule has 3 aromatic rings. The third kappa shape index (κ3) is 5.73. The van der Waals surface area contributed by atoms with E-state index < -0.39 is 11.9 Å². The van der Waals surface area contributed by atoms with Gasteiger partial charge in [-0.15, -0.1) is 0 Å². The second kappa shape index (κ2) is 9.45. The molecule has 0 bridgehead atoms. The standard InChI is InChI=1S/C22H18Cl2N2O3/c1-14-4-2-3-5-18(14)21(27)26-22(28)25-17-9-6-15(7-10-17)13-29-20-11-8-16(23)12-19(20)24/h2-12H,13H2,1H3,(H2,25,26,27,28). The number of amides is 3. The second-order valence-electron chi connectivity index (χ2n) is 6.28. The lowest BCUT2D eigenvalue weighted by Gasteiger charge is -2.10. The van der Waals surface area contributed by atoms with Crippen molar-refractivity contribution in [2.75, 3.05) is 5.32 Å². The Balaban J connectivity index is 1.54. The maximum atomic E-state index is 12.2. The summed E-state index contributed by atoms with van der Waals surface area (Å²) in [7, 11) is 0. The van der Waals surface area contributed by atoms with Crippen LogP contribution in [0.3, 0.4) is 0 Å². The Kier molecular flexibility index (Phi) is 6.75. The van der Waals surface area contributed by atoms with Crippen LogP contribution in [0.15, 0.2) is 66.7 Å². The van der Waals surface area contributed by atoms with E-state index in [9.17, 15) is 9.59 Å². The van der Waals surface area contributed by atoms with Crippen molar-refractivity contribution in [3.05, 3.63) is 93.5 Å². The molecule has 0 saturated carbocycles. The van der Waals surface area contributed by atoms with Gasteiger partial charge in [-0.25, -0.2) is 4.79 Å². The zero-order valence-corrected chi connectivity index (χ0v) is 17.1. The molecule has 0 spiro atoms. The quantitative estimate of drug-likeness (QED) is 0.535. The summed E-state index contributed by atoms with van der Waals surface area (Å²) in [6.45, 7) is 2.12. The van der Waals surface area contributed by atoms with Crippen LogP contribution < -0.4 is 15.4 Å². The number of aryl methyl sites for hydroxylation is 1. The van der Waals surface area contributed by atoms with E-state index in [1.807, 2.05) is 31.2 Å². The van der Waals surface area contributed by atoms with Gasteiger partial charge in [0.15, 0.2) is 0 Å². The Hall–Kier alpha value is -3.02. The normalized spacial score (nSPS) is 10.3. The summed E-state index contributed by atoms with van der Waals surface area (Å²) in [5.41, 5.74) is 2.69. The van der Waals surface area contributed by atoms with E-state index in [0.29, 0.717) is 33.7 Å². The van der Waals surface area contributed by atoms with Gasteiger partial charge in [-0.05, 0) is 54.4 Å². The van der Waals surface area contributed by atoms with Crippen molar-refractivity contribution in [3.8, 4) is 5.75 Å². The minimum Gasteiger partial charge on any atom is -0.487 e. The highest BCUT2D eigenvalue weighted by molar-refractivity contribution is 6.35. The maximum absolute atomic E-state index is 12.2. The Bertz CT molecular complexity index is 1040. The molecule has 0 aliphatic heterocycles. The molecule has 0 unspecified atom stereocenters. The van der Waals surface area contributed by atoms with Crippen LogP contribution in [-0.2, 0) is 6.61 Å². The molecule has 7 heteroatoms. The fourth-order valence-corrected chi connectivity index (χ4v) is 3.06. The molecular weight excluding hydrogens is 411 g/mol. The van der Waals surface area contributed by atoms with Crippen LogP contribution in [0.4, 0.5) is 10.5 Å². The molecule has 3 amide bonds. The molecule has 3 aromatic carbocycles. The van der Waals surface area contributed by atoms with E-state index in [1.165, 1.54) is 0 Å². The van der Waals surface area contributed by atoms with Crippen LogP contribution in [0.5, 0.6) is 5.75 Å². The minimum atomic E-state index is -0.602. The molecule has 0 aliphatic rings. The number of nitrogens with one attached hydrogen (secondary N) is 2. The number of carbonyl (C=O) groups is 2. The molecule has 29 heavy (non-hydrogen) atoms.